The molecule has 2 heterocycles. The van der Waals surface area contributed by atoms with E-state index in [9.17, 15) is 10.1 Å². The van der Waals surface area contributed by atoms with E-state index in [1.165, 1.54) is 50.0 Å². The van der Waals surface area contributed by atoms with Crippen molar-refractivity contribution in [3.8, 4) is 6.07 Å². The van der Waals surface area contributed by atoms with Crippen LogP contribution in [-0.2, 0) is 13.1 Å². The maximum atomic E-state index is 10.8. The summed E-state index contributed by atoms with van der Waals surface area (Å²) in [6.45, 7) is 3.88. The van der Waals surface area contributed by atoms with Gasteiger partial charge in [-0.3, -0.25) is 15.0 Å². The van der Waals surface area contributed by atoms with Gasteiger partial charge in [0.25, 0.3) is 0 Å². The van der Waals surface area contributed by atoms with Gasteiger partial charge in [-0.1, -0.05) is 30.7 Å². The number of nitrogens with one attached hydrogen (secondary N) is 1. The van der Waals surface area contributed by atoms with Crippen molar-refractivity contribution >= 4 is 11.5 Å². The molecule has 1 aromatic carbocycles. The molecule has 3 rings (SSSR count). The average Bonchev–Trinajstić information content (AvgIpc) is 2.68. The summed E-state index contributed by atoms with van der Waals surface area (Å²) in [7, 11) is 0. The largest absolute Gasteiger partial charge is 0.366 e. The molecule has 0 spiro atoms. The van der Waals surface area contributed by atoms with E-state index in [2.05, 4.69) is 39.5 Å². The van der Waals surface area contributed by atoms with Gasteiger partial charge in [0.2, 0.25) is 5.69 Å². The van der Waals surface area contributed by atoms with Crippen LogP contribution in [0.4, 0.5) is 11.5 Å². The van der Waals surface area contributed by atoms with Crippen LogP contribution in [0.5, 0.6) is 0 Å². The smallest absolute Gasteiger partial charge is 0.305 e. The standard InChI is InChI=1S/C19H21N5O2/c20-12-17-18(24(25)26)8-9-19(22-17)21-13-15-4-6-16(7-5-15)14-23-10-2-1-3-11-23/h4-9H,1-3,10-11,13-14H2,(H,21,22). The minimum absolute atomic E-state index is 0.183. The van der Waals surface area contributed by atoms with Gasteiger partial charge in [-0.15, -0.1) is 0 Å². The second-order valence-electron chi connectivity index (χ2n) is 6.44. The van der Waals surface area contributed by atoms with Crippen molar-refractivity contribution in [2.75, 3.05) is 18.4 Å². The summed E-state index contributed by atoms with van der Waals surface area (Å²) in [6.07, 6.45) is 3.91. The molecule has 0 amide bonds. The van der Waals surface area contributed by atoms with E-state index in [1.807, 2.05) is 0 Å². The molecule has 7 nitrogen and oxygen atoms in total. The minimum atomic E-state index is -0.601. The first-order valence-corrected chi connectivity index (χ1v) is 8.75. The molecule has 7 heteroatoms. The van der Waals surface area contributed by atoms with Gasteiger partial charge in [-0.05, 0) is 43.1 Å². The van der Waals surface area contributed by atoms with Gasteiger partial charge < -0.3 is 5.32 Å². The number of rotatable bonds is 6. The number of anilines is 1. The normalized spacial score (nSPS) is 14.6. The highest BCUT2D eigenvalue weighted by molar-refractivity contribution is 5.50. The molecular formula is C19H21N5O2. The van der Waals surface area contributed by atoms with Crippen LogP contribution >= 0.6 is 0 Å². The molecule has 1 aromatic heterocycles. The topological polar surface area (TPSA) is 95.1 Å². The third-order valence-electron chi connectivity index (χ3n) is 4.53. The Kier molecular flexibility index (Phi) is 5.77. The zero-order chi connectivity index (χ0) is 18.4. The fourth-order valence-corrected chi connectivity index (χ4v) is 3.11. The first kappa shape index (κ1) is 17.8. The van der Waals surface area contributed by atoms with Gasteiger partial charge in [0.05, 0.1) is 4.92 Å². The number of pyridine rings is 1. The van der Waals surface area contributed by atoms with E-state index < -0.39 is 4.92 Å². The molecule has 0 radical (unpaired) electrons. The molecule has 134 valence electrons. The first-order chi connectivity index (χ1) is 12.7. The van der Waals surface area contributed by atoms with E-state index in [0.29, 0.717) is 12.4 Å². The third-order valence-corrected chi connectivity index (χ3v) is 4.53. The van der Waals surface area contributed by atoms with Crippen LogP contribution < -0.4 is 5.32 Å². The molecule has 0 bridgehead atoms. The molecular weight excluding hydrogens is 330 g/mol. The van der Waals surface area contributed by atoms with Crippen molar-refractivity contribution in [1.29, 1.82) is 5.26 Å². The Morgan fingerprint density at radius 2 is 1.81 bits per heavy atom. The van der Waals surface area contributed by atoms with Crippen LogP contribution in [0, 0.1) is 21.4 Å². The first-order valence-electron chi connectivity index (χ1n) is 8.75. The van der Waals surface area contributed by atoms with E-state index >= 15 is 0 Å². The molecule has 1 N–H and O–H groups in total. The second kappa shape index (κ2) is 8.41. The maximum Gasteiger partial charge on any atom is 0.305 e. The van der Waals surface area contributed by atoms with Crippen LogP contribution in [0.15, 0.2) is 36.4 Å². The third kappa shape index (κ3) is 4.55. The number of hydrogen-bond acceptors (Lipinski definition) is 6. The number of nitriles is 1. The van der Waals surface area contributed by atoms with Crippen molar-refractivity contribution in [1.82, 2.24) is 9.88 Å². The van der Waals surface area contributed by atoms with Crippen LogP contribution in [0.1, 0.15) is 36.1 Å². The van der Waals surface area contributed by atoms with Crippen molar-refractivity contribution in [2.24, 2.45) is 0 Å². The molecule has 1 aliphatic rings. The molecule has 0 aliphatic carbocycles. The average molecular weight is 351 g/mol. The Labute approximate surface area is 152 Å². The number of benzene rings is 1. The Balaban J connectivity index is 1.58. The quantitative estimate of drug-likeness (QED) is 0.632. The predicted octanol–water partition coefficient (Wildman–Crippen LogP) is 3.46. The molecule has 1 aliphatic heterocycles. The van der Waals surface area contributed by atoms with Gasteiger partial charge in [-0.2, -0.15) is 5.26 Å². The lowest BCUT2D eigenvalue weighted by Gasteiger charge is -2.26. The van der Waals surface area contributed by atoms with Gasteiger partial charge in [-0.25, -0.2) is 4.98 Å². The highest BCUT2D eigenvalue weighted by Gasteiger charge is 2.15. The SMILES string of the molecule is N#Cc1nc(NCc2ccc(CN3CCCCC3)cc2)ccc1[N+](=O)[O-]. The zero-order valence-corrected chi connectivity index (χ0v) is 14.5. The summed E-state index contributed by atoms with van der Waals surface area (Å²) in [5.74, 6) is 0.449. The summed E-state index contributed by atoms with van der Waals surface area (Å²) in [6, 6.07) is 13.0. The van der Waals surface area contributed by atoms with Crippen LogP contribution in [0.3, 0.4) is 0 Å². The Hall–Kier alpha value is -2.98. The van der Waals surface area contributed by atoms with Gasteiger partial charge >= 0.3 is 5.69 Å². The highest BCUT2D eigenvalue weighted by atomic mass is 16.6. The van der Waals surface area contributed by atoms with Gasteiger partial charge in [0, 0.05) is 19.2 Å². The molecule has 0 saturated carbocycles. The lowest BCUT2D eigenvalue weighted by Crippen LogP contribution is -2.29. The monoisotopic (exact) mass is 351 g/mol. The number of likely N-dealkylation sites (tertiary alicyclic amines) is 1. The van der Waals surface area contributed by atoms with Crippen LogP contribution in [0.2, 0.25) is 0 Å². The number of piperidine rings is 1. The fourth-order valence-electron chi connectivity index (χ4n) is 3.11. The molecule has 0 unspecified atom stereocenters. The van der Waals surface area contributed by atoms with Crippen molar-refractivity contribution < 1.29 is 4.92 Å². The van der Waals surface area contributed by atoms with E-state index in [4.69, 9.17) is 5.26 Å². The van der Waals surface area contributed by atoms with Gasteiger partial charge in [0.15, 0.2) is 0 Å². The van der Waals surface area contributed by atoms with E-state index in [1.54, 1.807) is 6.07 Å². The number of hydrogen-bond donors (Lipinski definition) is 1. The fraction of sp³-hybridized carbons (Fsp3) is 0.368. The lowest BCUT2D eigenvalue weighted by molar-refractivity contribution is -0.385. The lowest BCUT2D eigenvalue weighted by atomic mass is 10.1. The number of nitrogens with zero attached hydrogens (tertiary/aromatic N) is 4. The summed E-state index contributed by atoms with van der Waals surface area (Å²) >= 11 is 0. The molecule has 1 saturated heterocycles. The molecule has 0 atom stereocenters. The van der Waals surface area contributed by atoms with Gasteiger partial charge in [0.1, 0.15) is 11.9 Å². The molecule has 2 aromatic rings. The Bertz CT molecular complexity index is 808. The van der Waals surface area contributed by atoms with Crippen molar-refractivity contribution in [3.63, 3.8) is 0 Å². The Morgan fingerprint density at radius 1 is 1.12 bits per heavy atom. The van der Waals surface area contributed by atoms with Crippen molar-refractivity contribution in [3.05, 3.63) is 63.3 Å². The summed E-state index contributed by atoms with van der Waals surface area (Å²) in [5.41, 5.74) is 1.93. The zero-order valence-electron chi connectivity index (χ0n) is 14.5. The summed E-state index contributed by atoms with van der Waals surface area (Å²) in [5, 5.41) is 22.9. The van der Waals surface area contributed by atoms with E-state index in [0.717, 1.165) is 12.1 Å². The number of aromatic nitrogens is 1. The van der Waals surface area contributed by atoms with E-state index in [-0.39, 0.29) is 11.4 Å². The maximum absolute atomic E-state index is 10.8. The van der Waals surface area contributed by atoms with Crippen LogP contribution in [0.25, 0.3) is 0 Å². The number of nitro groups is 1. The summed E-state index contributed by atoms with van der Waals surface area (Å²) in [4.78, 5) is 16.7. The minimum Gasteiger partial charge on any atom is -0.366 e. The molecule has 26 heavy (non-hydrogen) atoms. The highest BCUT2D eigenvalue weighted by Crippen LogP contribution is 2.19. The summed E-state index contributed by atoms with van der Waals surface area (Å²) < 4.78 is 0. The van der Waals surface area contributed by atoms with Crippen LogP contribution in [-0.4, -0.2) is 27.9 Å². The predicted molar refractivity (Wildman–Crippen MR) is 98.5 cm³/mol. The Morgan fingerprint density at radius 3 is 2.46 bits per heavy atom. The van der Waals surface area contributed by atoms with Crippen molar-refractivity contribution in [2.45, 2.75) is 32.4 Å². The second-order valence-corrected chi connectivity index (χ2v) is 6.44. The molecule has 1 fully saturated rings.